The molecule has 0 saturated carbocycles. The van der Waals surface area contributed by atoms with Crippen LogP contribution in [0.4, 0.5) is 16.2 Å². The highest BCUT2D eigenvalue weighted by Gasteiger charge is 2.14. The number of aliphatic hydroxyl groups is 1. The Balaban J connectivity index is 2.75. The van der Waals surface area contributed by atoms with Crippen molar-refractivity contribution in [3.8, 4) is 0 Å². The molecule has 0 spiro atoms. The molecule has 0 aliphatic rings. The number of hydrogen-bond donors (Lipinski definition) is 3. The Hall–Kier alpha value is -1.43. The van der Waals surface area contributed by atoms with Crippen LogP contribution in [0.5, 0.6) is 0 Å². The zero-order valence-corrected chi connectivity index (χ0v) is 8.74. The van der Waals surface area contributed by atoms with Gasteiger partial charge >= 0.3 is 0 Å². The molecular formula is C9H15FN4O. The zero-order chi connectivity index (χ0) is 11.4. The van der Waals surface area contributed by atoms with E-state index in [1.54, 1.807) is 0 Å². The highest BCUT2D eigenvalue weighted by atomic mass is 19.1. The predicted octanol–water partition coefficient (Wildman–Crippen LogP) is 0.627. The van der Waals surface area contributed by atoms with Gasteiger partial charge in [-0.25, -0.2) is 9.37 Å². The lowest BCUT2D eigenvalue weighted by atomic mass is 10.1. The van der Waals surface area contributed by atoms with Crippen molar-refractivity contribution in [2.24, 2.45) is 5.92 Å². The fraction of sp³-hybridized carbons (Fsp3) is 0.556. The van der Waals surface area contributed by atoms with Crippen molar-refractivity contribution < 1.29 is 9.50 Å². The summed E-state index contributed by atoms with van der Waals surface area (Å²) >= 11 is 0. The first-order chi connectivity index (χ1) is 7.04. The van der Waals surface area contributed by atoms with Gasteiger partial charge in [-0.1, -0.05) is 6.92 Å². The van der Waals surface area contributed by atoms with Crippen LogP contribution in [0.1, 0.15) is 13.8 Å². The van der Waals surface area contributed by atoms with E-state index in [0.717, 1.165) is 6.20 Å². The zero-order valence-electron chi connectivity index (χ0n) is 8.74. The second kappa shape index (κ2) is 4.88. The number of halogens is 1. The molecule has 6 heteroatoms. The number of aliphatic hydroxyl groups excluding tert-OH is 1. The van der Waals surface area contributed by atoms with Crippen molar-refractivity contribution in [3.05, 3.63) is 12.0 Å². The topological polar surface area (TPSA) is 84.1 Å². The van der Waals surface area contributed by atoms with Gasteiger partial charge in [0.05, 0.1) is 6.20 Å². The summed E-state index contributed by atoms with van der Waals surface area (Å²) in [6.45, 7) is 3.70. The summed E-state index contributed by atoms with van der Waals surface area (Å²) in [6.07, 6.45) is 1.01. The maximum absolute atomic E-state index is 13.2. The molecule has 4 N–H and O–H groups in total. The SMILES string of the molecule is CC(CO)C(C)Nc1nc(N)ncc1F. The molecule has 0 saturated heterocycles. The molecule has 1 heterocycles. The van der Waals surface area contributed by atoms with Gasteiger partial charge in [0, 0.05) is 12.6 Å². The Kier molecular flexibility index (Phi) is 3.79. The van der Waals surface area contributed by atoms with Crippen LogP contribution in [0.3, 0.4) is 0 Å². The monoisotopic (exact) mass is 214 g/mol. The smallest absolute Gasteiger partial charge is 0.222 e. The lowest BCUT2D eigenvalue weighted by molar-refractivity contribution is 0.226. The van der Waals surface area contributed by atoms with Crippen LogP contribution < -0.4 is 11.1 Å². The van der Waals surface area contributed by atoms with Crippen molar-refractivity contribution >= 4 is 11.8 Å². The molecule has 0 aliphatic carbocycles. The van der Waals surface area contributed by atoms with Gasteiger partial charge in [0.25, 0.3) is 0 Å². The van der Waals surface area contributed by atoms with Gasteiger partial charge in [-0.2, -0.15) is 4.98 Å². The van der Waals surface area contributed by atoms with Gasteiger partial charge in [-0.05, 0) is 12.8 Å². The van der Waals surface area contributed by atoms with Crippen LogP contribution in [-0.4, -0.2) is 27.7 Å². The minimum Gasteiger partial charge on any atom is -0.396 e. The average molecular weight is 214 g/mol. The molecule has 0 bridgehead atoms. The predicted molar refractivity (Wildman–Crippen MR) is 55.7 cm³/mol. The van der Waals surface area contributed by atoms with Crippen LogP contribution in [0.25, 0.3) is 0 Å². The van der Waals surface area contributed by atoms with Crippen molar-refractivity contribution in [2.45, 2.75) is 19.9 Å². The molecular weight excluding hydrogens is 199 g/mol. The Morgan fingerprint density at radius 1 is 1.60 bits per heavy atom. The van der Waals surface area contributed by atoms with Crippen LogP contribution in [0.15, 0.2) is 6.20 Å². The lowest BCUT2D eigenvalue weighted by Crippen LogP contribution is -2.27. The Morgan fingerprint density at radius 3 is 2.87 bits per heavy atom. The second-order valence-electron chi connectivity index (χ2n) is 3.52. The number of nitrogens with two attached hydrogens (primary N) is 1. The summed E-state index contributed by atoms with van der Waals surface area (Å²) < 4.78 is 13.2. The van der Waals surface area contributed by atoms with Gasteiger partial charge in [-0.15, -0.1) is 0 Å². The molecule has 0 fully saturated rings. The van der Waals surface area contributed by atoms with Crippen molar-refractivity contribution in [1.82, 2.24) is 9.97 Å². The molecule has 0 amide bonds. The first-order valence-electron chi connectivity index (χ1n) is 4.70. The summed E-state index contributed by atoms with van der Waals surface area (Å²) in [6, 6.07) is -0.0983. The van der Waals surface area contributed by atoms with E-state index in [1.165, 1.54) is 0 Å². The molecule has 15 heavy (non-hydrogen) atoms. The standard InChI is InChI=1S/C9H15FN4O/c1-5(4-15)6(2)13-8-7(10)3-12-9(11)14-8/h3,5-6,15H,4H2,1-2H3,(H3,11,12,13,14). The van der Waals surface area contributed by atoms with Gasteiger partial charge in [-0.3, -0.25) is 0 Å². The minimum absolute atomic E-state index is 0.000546. The quantitative estimate of drug-likeness (QED) is 0.684. The van der Waals surface area contributed by atoms with Crippen molar-refractivity contribution in [2.75, 3.05) is 17.7 Å². The molecule has 5 nitrogen and oxygen atoms in total. The van der Waals surface area contributed by atoms with Crippen LogP contribution in [0.2, 0.25) is 0 Å². The number of rotatable bonds is 4. The van der Waals surface area contributed by atoms with E-state index in [-0.39, 0.29) is 30.3 Å². The third-order valence-electron chi connectivity index (χ3n) is 2.27. The molecule has 2 unspecified atom stereocenters. The summed E-state index contributed by atoms with van der Waals surface area (Å²) in [5.74, 6) is -0.472. The fourth-order valence-electron chi connectivity index (χ4n) is 0.998. The Bertz CT molecular complexity index is 334. The summed E-state index contributed by atoms with van der Waals surface area (Å²) in [5.41, 5.74) is 5.33. The van der Waals surface area contributed by atoms with Crippen LogP contribution in [0, 0.1) is 11.7 Å². The van der Waals surface area contributed by atoms with E-state index in [2.05, 4.69) is 15.3 Å². The number of nitrogen functional groups attached to an aromatic ring is 1. The molecule has 1 aromatic heterocycles. The van der Waals surface area contributed by atoms with Gasteiger partial charge < -0.3 is 16.2 Å². The maximum Gasteiger partial charge on any atom is 0.222 e. The summed E-state index contributed by atoms with van der Waals surface area (Å²) in [4.78, 5) is 7.24. The van der Waals surface area contributed by atoms with E-state index in [9.17, 15) is 4.39 Å². The van der Waals surface area contributed by atoms with E-state index in [1.807, 2.05) is 13.8 Å². The van der Waals surface area contributed by atoms with Crippen molar-refractivity contribution in [1.29, 1.82) is 0 Å². The Labute approximate surface area is 87.5 Å². The molecule has 0 aromatic carbocycles. The first-order valence-corrected chi connectivity index (χ1v) is 4.70. The van der Waals surface area contributed by atoms with E-state index in [0.29, 0.717) is 0 Å². The minimum atomic E-state index is -0.554. The number of hydrogen-bond acceptors (Lipinski definition) is 5. The largest absolute Gasteiger partial charge is 0.396 e. The van der Waals surface area contributed by atoms with Crippen molar-refractivity contribution in [3.63, 3.8) is 0 Å². The van der Waals surface area contributed by atoms with Gasteiger partial charge in [0.15, 0.2) is 11.6 Å². The molecule has 2 atom stereocenters. The average Bonchev–Trinajstić information content (AvgIpc) is 2.22. The highest BCUT2D eigenvalue weighted by Crippen LogP contribution is 2.14. The molecule has 84 valence electrons. The Morgan fingerprint density at radius 2 is 2.27 bits per heavy atom. The van der Waals surface area contributed by atoms with E-state index in [4.69, 9.17) is 10.8 Å². The lowest BCUT2D eigenvalue weighted by Gasteiger charge is -2.19. The van der Waals surface area contributed by atoms with E-state index >= 15 is 0 Å². The third kappa shape index (κ3) is 3.02. The molecule has 0 radical (unpaired) electrons. The summed E-state index contributed by atoms with van der Waals surface area (Å²) in [5, 5.41) is 11.8. The fourth-order valence-corrected chi connectivity index (χ4v) is 0.998. The maximum atomic E-state index is 13.2. The van der Waals surface area contributed by atoms with Crippen LogP contribution in [-0.2, 0) is 0 Å². The molecule has 1 aromatic rings. The number of nitrogens with zero attached hydrogens (tertiary/aromatic N) is 2. The molecule has 1 rings (SSSR count). The second-order valence-corrected chi connectivity index (χ2v) is 3.52. The summed E-state index contributed by atoms with van der Waals surface area (Å²) in [7, 11) is 0. The van der Waals surface area contributed by atoms with E-state index < -0.39 is 5.82 Å². The normalized spacial score (nSPS) is 14.7. The van der Waals surface area contributed by atoms with Crippen LogP contribution >= 0.6 is 0 Å². The number of aromatic nitrogens is 2. The number of anilines is 2. The highest BCUT2D eigenvalue weighted by molar-refractivity contribution is 5.39. The first kappa shape index (κ1) is 11.6. The molecule has 0 aliphatic heterocycles. The number of nitrogens with one attached hydrogen (secondary N) is 1. The third-order valence-corrected chi connectivity index (χ3v) is 2.27. The van der Waals surface area contributed by atoms with Gasteiger partial charge in [0.1, 0.15) is 0 Å². The van der Waals surface area contributed by atoms with Gasteiger partial charge in [0.2, 0.25) is 5.95 Å².